The van der Waals surface area contributed by atoms with Crippen LogP contribution in [0.15, 0.2) is 4.99 Å². The number of carbonyl (C=O) groups is 4. The predicted molar refractivity (Wildman–Crippen MR) is 118 cm³/mol. The van der Waals surface area contributed by atoms with Crippen LogP contribution in [0.2, 0.25) is 0 Å². The first kappa shape index (κ1) is 28.1. The number of nitrogens with one attached hydrogen (secondary N) is 4. The summed E-state index contributed by atoms with van der Waals surface area (Å²) in [5, 5.41) is 38.8. The summed E-state index contributed by atoms with van der Waals surface area (Å²) in [6.45, 7) is 3.29. The van der Waals surface area contributed by atoms with E-state index in [1.807, 2.05) is 0 Å². The fourth-order valence-electron chi connectivity index (χ4n) is 3.24. The molecule has 14 heteroatoms. The van der Waals surface area contributed by atoms with Gasteiger partial charge in [-0.25, -0.2) is 4.79 Å². The van der Waals surface area contributed by atoms with E-state index in [9.17, 15) is 29.4 Å². The van der Waals surface area contributed by atoms with Gasteiger partial charge in [0, 0.05) is 6.54 Å². The molecule has 0 saturated carbocycles. The summed E-state index contributed by atoms with van der Waals surface area (Å²) in [6.07, 6.45) is -0.908. The van der Waals surface area contributed by atoms with Gasteiger partial charge in [0.2, 0.25) is 17.7 Å². The minimum Gasteiger partial charge on any atom is -0.480 e. The maximum Gasteiger partial charge on any atom is 0.328 e. The normalized spacial score (nSPS) is 19.9. The molecule has 1 heterocycles. The van der Waals surface area contributed by atoms with Gasteiger partial charge in [-0.05, 0) is 46.1 Å². The van der Waals surface area contributed by atoms with Gasteiger partial charge >= 0.3 is 5.97 Å². The van der Waals surface area contributed by atoms with Gasteiger partial charge in [-0.2, -0.15) is 0 Å². The molecule has 33 heavy (non-hydrogen) atoms. The highest BCUT2D eigenvalue weighted by molar-refractivity contribution is 5.94. The number of aliphatic hydroxyl groups is 2. The highest BCUT2D eigenvalue weighted by Crippen LogP contribution is 2.08. The van der Waals surface area contributed by atoms with Gasteiger partial charge in [-0.3, -0.25) is 19.4 Å². The van der Waals surface area contributed by atoms with E-state index in [-0.39, 0.29) is 24.8 Å². The molecule has 0 aliphatic carbocycles. The van der Waals surface area contributed by atoms with Crippen molar-refractivity contribution in [1.29, 1.82) is 0 Å². The van der Waals surface area contributed by atoms with Crippen molar-refractivity contribution < 1.29 is 34.5 Å². The van der Waals surface area contributed by atoms with Crippen molar-refractivity contribution in [2.45, 2.75) is 75.9 Å². The molecule has 1 aliphatic rings. The van der Waals surface area contributed by atoms with Crippen molar-refractivity contribution in [3.05, 3.63) is 0 Å². The summed E-state index contributed by atoms with van der Waals surface area (Å²) >= 11 is 0. The van der Waals surface area contributed by atoms with Gasteiger partial charge in [0.1, 0.15) is 12.1 Å². The Labute approximate surface area is 191 Å². The van der Waals surface area contributed by atoms with Crippen LogP contribution in [0, 0.1) is 0 Å². The van der Waals surface area contributed by atoms with E-state index < -0.39 is 54.2 Å². The van der Waals surface area contributed by atoms with Crippen LogP contribution in [0.4, 0.5) is 0 Å². The molecule has 0 aromatic carbocycles. The van der Waals surface area contributed by atoms with E-state index in [4.69, 9.17) is 16.6 Å². The van der Waals surface area contributed by atoms with E-state index in [2.05, 4.69) is 26.3 Å². The van der Waals surface area contributed by atoms with Crippen molar-refractivity contribution in [1.82, 2.24) is 21.3 Å². The van der Waals surface area contributed by atoms with Crippen LogP contribution in [0.1, 0.15) is 39.5 Å². The summed E-state index contributed by atoms with van der Waals surface area (Å²) in [7, 11) is 0. The van der Waals surface area contributed by atoms with Crippen LogP contribution in [-0.4, -0.2) is 94.4 Å². The molecule has 11 N–H and O–H groups in total. The molecule has 188 valence electrons. The molecule has 1 fully saturated rings. The zero-order chi connectivity index (χ0) is 25.1. The van der Waals surface area contributed by atoms with Gasteiger partial charge in [0.05, 0.1) is 18.2 Å². The lowest BCUT2D eigenvalue weighted by Crippen LogP contribution is -2.60. The number of carbonyl (C=O) groups excluding carboxylic acids is 3. The molecule has 1 aliphatic heterocycles. The molecule has 1 saturated heterocycles. The molecular formula is C19H35N7O7. The third kappa shape index (κ3) is 9.59. The van der Waals surface area contributed by atoms with Crippen molar-refractivity contribution in [2.75, 3.05) is 13.1 Å². The quantitative estimate of drug-likeness (QED) is 0.0715. The summed E-state index contributed by atoms with van der Waals surface area (Å²) in [5.41, 5.74) is 10.6. The minimum absolute atomic E-state index is 0.118. The Hall–Kier alpha value is -2.97. The molecule has 14 nitrogen and oxygen atoms in total. The number of amides is 3. The maximum atomic E-state index is 12.9. The Balaban J connectivity index is 2.91. The largest absolute Gasteiger partial charge is 0.480 e. The Bertz CT molecular complexity index is 719. The molecule has 0 aromatic rings. The third-order valence-corrected chi connectivity index (χ3v) is 5.06. The summed E-state index contributed by atoms with van der Waals surface area (Å²) in [6, 6.07) is -4.68. The van der Waals surface area contributed by atoms with Crippen LogP contribution in [-0.2, 0) is 19.2 Å². The van der Waals surface area contributed by atoms with Crippen LogP contribution in [0.5, 0.6) is 0 Å². The lowest BCUT2D eigenvalue weighted by molar-refractivity contribution is -0.146. The van der Waals surface area contributed by atoms with Gasteiger partial charge in [0.15, 0.2) is 12.0 Å². The van der Waals surface area contributed by atoms with E-state index in [1.54, 1.807) is 0 Å². The van der Waals surface area contributed by atoms with Crippen molar-refractivity contribution in [3.8, 4) is 0 Å². The highest BCUT2D eigenvalue weighted by atomic mass is 16.4. The number of nitrogens with two attached hydrogens (primary N) is 2. The lowest BCUT2D eigenvalue weighted by Gasteiger charge is -2.27. The number of aliphatic hydroxyl groups excluding tert-OH is 2. The number of aliphatic carboxylic acids is 1. The van der Waals surface area contributed by atoms with Gasteiger partial charge in [-0.1, -0.05) is 0 Å². The van der Waals surface area contributed by atoms with Crippen molar-refractivity contribution in [2.24, 2.45) is 16.5 Å². The number of hydrogen-bond acceptors (Lipinski definition) is 8. The van der Waals surface area contributed by atoms with E-state index in [1.165, 1.54) is 13.8 Å². The monoisotopic (exact) mass is 473 g/mol. The number of rotatable bonds is 13. The van der Waals surface area contributed by atoms with Crippen LogP contribution in [0.3, 0.4) is 0 Å². The van der Waals surface area contributed by atoms with Crippen molar-refractivity contribution >= 4 is 29.7 Å². The van der Waals surface area contributed by atoms with E-state index in [0.717, 1.165) is 6.42 Å². The molecular weight excluding hydrogens is 438 g/mol. The van der Waals surface area contributed by atoms with Crippen LogP contribution >= 0.6 is 0 Å². The second-order valence-corrected chi connectivity index (χ2v) is 7.95. The molecule has 0 radical (unpaired) electrons. The summed E-state index contributed by atoms with van der Waals surface area (Å²) in [4.78, 5) is 53.0. The Morgan fingerprint density at radius 3 is 2.12 bits per heavy atom. The second-order valence-electron chi connectivity index (χ2n) is 7.95. The van der Waals surface area contributed by atoms with Gasteiger partial charge < -0.3 is 48.1 Å². The van der Waals surface area contributed by atoms with Gasteiger partial charge in [0.25, 0.3) is 0 Å². The predicted octanol–water partition coefficient (Wildman–Crippen LogP) is -3.91. The summed E-state index contributed by atoms with van der Waals surface area (Å²) < 4.78 is 0. The van der Waals surface area contributed by atoms with E-state index >= 15 is 0 Å². The van der Waals surface area contributed by atoms with Crippen molar-refractivity contribution in [3.63, 3.8) is 0 Å². The van der Waals surface area contributed by atoms with Crippen LogP contribution < -0.4 is 32.7 Å². The zero-order valence-corrected chi connectivity index (χ0v) is 18.8. The number of guanidine groups is 1. The van der Waals surface area contributed by atoms with Crippen LogP contribution in [0.25, 0.3) is 0 Å². The molecule has 6 unspecified atom stereocenters. The minimum atomic E-state index is -1.64. The molecule has 3 amide bonds. The third-order valence-electron chi connectivity index (χ3n) is 5.06. The Morgan fingerprint density at radius 2 is 1.64 bits per heavy atom. The summed E-state index contributed by atoms with van der Waals surface area (Å²) in [5.74, 6) is -3.74. The molecule has 0 spiro atoms. The number of carboxylic acid groups (broad SMARTS) is 1. The first-order valence-corrected chi connectivity index (χ1v) is 10.7. The zero-order valence-electron chi connectivity index (χ0n) is 18.8. The fraction of sp³-hybridized carbons (Fsp3) is 0.737. The molecule has 0 bridgehead atoms. The average molecular weight is 474 g/mol. The SMILES string of the molecule is CC(O)C(NC(=O)C(NC(=O)C(CCCN=C(N)N)NC(=O)C1CCCN1)C(C)O)C(=O)O. The smallest absolute Gasteiger partial charge is 0.328 e. The topological polar surface area (TPSA) is 241 Å². The molecule has 0 aromatic heterocycles. The first-order valence-electron chi connectivity index (χ1n) is 10.7. The van der Waals surface area contributed by atoms with E-state index in [0.29, 0.717) is 19.4 Å². The average Bonchev–Trinajstić information content (AvgIpc) is 3.26. The molecule has 6 atom stereocenters. The number of nitrogens with zero attached hydrogens (tertiary/aromatic N) is 1. The number of hydrogen-bond donors (Lipinski definition) is 9. The highest BCUT2D eigenvalue weighted by Gasteiger charge is 2.34. The standard InChI is InChI=1S/C19H35N7O7/c1-9(27)13(17(31)26-14(10(2)28)18(32)33)25-16(30)12(6-4-8-23-19(20)21)24-15(29)11-5-3-7-22-11/h9-14,22,27-28H,3-8H2,1-2H3,(H,24,29)(H,25,30)(H,26,31)(H,32,33)(H4,20,21,23). The maximum absolute atomic E-state index is 12.9. The van der Waals surface area contributed by atoms with Gasteiger partial charge in [-0.15, -0.1) is 0 Å². The Kier molecular flexibility index (Phi) is 11.5. The lowest BCUT2D eigenvalue weighted by atomic mass is 10.1. The second kappa shape index (κ2) is 13.5. The first-order chi connectivity index (χ1) is 15.4. The number of carboxylic acids is 1. The Morgan fingerprint density at radius 1 is 1.03 bits per heavy atom. The number of aliphatic imine (C=N–C) groups is 1. The fourth-order valence-corrected chi connectivity index (χ4v) is 3.24. The molecule has 1 rings (SSSR count).